The first kappa shape index (κ1) is 16.0. The highest BCUT2D eigenvalue weighted by Crippen LogP contribution is 2.15. The number of hydrogen-bond donors (Lipinski definition) is 4. The van der Waals surface area contributed by atoms with Gasteiger partial charge in [-0.15, -0.1) is 0 Å². The molecule has 0 bridgehead atoms. The fraction of sp³-hybridized carbons (Fsp3) is 0.429. The van der Waals surface area contributed by atoms with Crippen LogP contribution in [0, 0.1) is 0 Å². The molecule has 0 fully saturated rings. The van der Waals surface area contributed by atoms with Gasteiger partial charge in [0.2, 0.25) is 0 Å². The maximum absolute atomic E-state index is 11.9. The van der Waals surface area contributed by atoms with Crippen molar-refractivity contribution in [2.45, 2.75) is 32.4 Å². The standard InChI is InChI=1S/C14H21N3O3/c1-14(2,8-12(18)19)17-13(20)16-11-7-5-4-6-10(11)9-15-3/h4-7,15H,8-9H2,1-3H3,(H,18,19)(H2,16,17,20). The fourth-order valence-electron chi connectivity index (χ4n) is 1.87. The van der Waals surface area contributed by atoms with Crippen molar-refractivity contribution in [3.05, 3.63) is 29.8 Å². The fourth-order valence-corrected chi connectivity index (χ4v) is 1.87. The molecule has 0 spiro atoms. The average molecular weight is 279 g/mol. The SMILES string of the molecule is CNCc1ccccc1NC(=O)NC(C)(C)CC(=O)O. The number of carboxylic acid groups (broad SMARTS) is 1. The van der Waals surface area contributed by atoms with Gasteiger partial charge in [-0.05, 0) is 32.5 Å². The van der Waals surface area contributed by atoms with Crippen molar-refractivity contribution in [1.29, 1.82) is 0 Å². The largest absolute Gasteiger partial charge is 0.481 e. The van der Waals surface area contributed by atoms with Crippen LogP contribution in [0.25, 0.3) is 0 Å². The van der Waals surface area contributed by atoms with Gasteiger partial charge in [-0.25, -0.2) is 4.79 Å². The van der Waals surface area contributed by atoms with Crippen LogP contribution in [0.3, 0.4) is 0 Å². The lowest BCUT2D eigenvalue weighted by molar-refractivity contribution is -0.138. The maximum atomic E-state index is 11.9. The van der Waals surface area contributed by atoms with Gasteiger partial charge in [0.25, 0.3) is 0 Å². The van der Waals surface area contributed by atoms with Gasteiger partial charge in [-0.2, -0.15) is 0 Å². The quantitative estimate of drug-likeness (QED) is 0.639. The molecule has 0 aliphatic heterocycles. The number of benzene rings is 1. The third-order valence-corrected chi connectivity index (χ3v) is 2.68. The van der Waals surface area contributed by atoms with E-state index in [1.54, 1.807) is 19.9 Å². The lowest BCUT2D eigenvalue weighted by atomic mass is 10.0. The van der Waals surface area contributed by atoms with Gasteiger partial charge in [-0.3, -0.25) is 4.79 Å². The first-order chi connectivity index (χ1) is 9.34. The Labute approximate surface area is 118 Å². The van der Waals surface area contributed by atoms with Crippen LogP contribution in [0.4, 0.5) is 10.5 Å². The van der Waals surface area contributed by atoms with Crippen LogP contribution in [0.1, 0.15) is 25.8 Å². The molecular weight excluding hydrogens is 258 g/mol. The first-order valence-corrected chi connectivity index (χ1v) is 6.37. The smallest absolute Gasteiger partial charge is 0.319 e. The number of para-hydroxylation sites is 1. The second kappa shape index (κ2) is 6.91. The van der Waals surface area contributed by atoms with E-state index in [2.05, 4.69) is 16.0 Å². The number of rotatable bonds is 6. The molecule has 0 aliphatic rings. The number of carbonyl (C=O) groups is 2. The summed E-state index contributed by atoms with van der Waals surface area (Å²) in [6, 6.07) is 7.02. The summed E-state index contributed by atoms with van der Waals surface area (Å²) in [5, 5.41) is 17.2. The predicted octanol–water partition coefficient (Wildman–Crippen LogP) is 1.78. The molecule has 0 unspecified atom stereocenters. The van der Waals surface area contributed by atoms with Gasteiger partial charge in [-0.1, -0.05) is 18.2 Å². The molecule has 1 aromatic carbocycles. The minimum absolute atomic E-state index is 0.140. The Morgan fingerprint density at radius 3 is 2.50 bits per heavy atom. The molecule has 0 radical (unpaired) electrons. The van der Waals surface area contributed by atoms with Gasteiger partial charge in [0, 0.05) is 17.8 Å². The molecular formula is C14H21N3O3. The number of anilines is 1. The molecule has 6 heteroatoms. The van der Waals surface area contributed by atoms with E-state index in [4.69, 9.17) is 5.11 Å². The summed E-state index contributed by atoms with van der Waals surface area (Å²) in [4.78, 5) is 22.6. The highest BCUT2D eigenvalue weighted by molar-refractivity contribution is 5.90. The number of nitrogens with one attached hydrogen (secondary N) is 3. The molecule has 6 nitrogen and oxygen atoms in total. The summed E-state index contributed by atoms with van der Waals surface area (Å²) < 4.78 is 0. The van der Waals surface area contributed by atoms with Crippen LogP contribution < -0.4 is 16.0 Å². The minimum Gasteiger partial charge on any atom is -0.481 e. The van der Waals surface area contributed by atoms with E-state index in [0.29, 0.717) is 12.2 Å². The highest BCUT2D eigenvalue weighted by atomic mass is 16.4. The zero-order valence-corrected chi connectivity index (χ0v) is 12.0. The van der Waals surface area contributed by atoms with E-state index in [1.807, 2.05) is 25.2 Å². The predicted molar refractivity (Wildman–Crippen MR) is 77.7 cm³/mol. The Hall–Kier alpha value is -2.08. The van der Waals surface area contributed by atoms with Gasteiger partial charge in [0.1, 0.15) is 0 Å². The number of hydrogen-bond acceptors (Lipinski definition) is 3. The second-order valence-electron chi connectivity index (χ2n) is 5.22. The zero-order valence-electron chi connectivity index (χ0n) is 12.0. The number of carbonyl (C=O) groups excluding carboxylic acids is 1. The second-order valence-corrected chi connectivity index (χ2v) is 5.22. The molecule has 1 rings (SSSR count). The highest BCUT2D eigenvalue weighted by Gasteiger charge is 2.24. The zero-order chi connectivity index (χ0) is 15.2. The van der Waals surface area contributed by atoms with Crippen LogP contribution >= 0.6 is 0 Å². The monoisotopic (exact) mass is 279 g/mol. The minimum atomic E-state index is -0.953. The van der Waals surface area contributed by atoms with Gasteiger partial charge < -0.3 is 21.1 Å². The summed E-state index contributed by atoms with van der Waals surface area (Å²) >= 11 is 0. The lowest BCUT2D eigenvalue weighted by Crippen LogP contribution is -2.47. The van der Waals surface area contributed by atoms with E-state index in [0.717, 1.165) is 5.56 Å². The van der Waals surface area contributed by atoms with Crippen LogP contribution in [0.15, 0.2) is 24.3 Å². The van der Waals surface area contributed by atoms with E-state index in [9.17, 15) is 9.59 Å². The Morgan fingerprint density at radius 1 is 1.25 bits per heavy atom. The third kappa shape index (κ3) is 5.27. The molecule has 110 valence electrons. The Balaban J connectivity index is 2.69. The molecule has 0 saturated heterocycles. The average Bonchev–Trinajstić information content (AvgIpc) is 2.29. The van der Waals surface area contributed by atoms with Crippen molar-refractivity contribution in [3.63, 3.8) is 0 Å². The van der Waals surface area contributed by atoms with Crippen molar-refractivity contribution < 1.29 is 14.7 Å². The van der Waals surface area contributed by atoms with Crippen LogP contribution in [0.5, 0.6) is 0 Å². The van der Waals surface area contributed by atoms with Gasteiger partial charge in [0.15, 0.2) is 0 Å². The molecule has 2 amide bonds. The lowest BCUT2D eigenvalue weighted by Gasteiger charge is -2.24. The van der Waals surface area contributed by atoms with Crippen molar-refractivity contribution in [3.8, 4) is 0 Å². The maximum Gasteiger partial charge on any atom is 0.319 e. The van der Waals surface area contributed by atoms with Crippen molar-refractivity contribution in [1.82, 2.24) is 10.6 Å². The summed E-state index contributed by atoms with van der Waals surface area (Å²) in [6.07, 6.45) is -0.140. The Morgan fingerprint density at radius 2 is 1.90 bits per heavy atom. The molecule has 0 heterocycles. The number of aliphatic carboxylic acids is 1. The molecule has 0 aliphatic carbocycles. The topological polar surface area (TPSA) is 90.5 Å². The normalized spacial score (nSPS) is 10.9. The van der Waals surface area contributed by atoms with Crippen LogP contribution in [-0.4, -0.2) is 29.7 Å². The summed E-state index contributed by atoms with van der Waals surface area (Å²) in [6.45, 7) is 3.97. The summed E-state index contributed by atoms with van der Waals surface area (Å²) in [5.41, 5.74) is 0.847. The number of carboxylic acids is 1. The van der Waals surface area contributed by atoms with Crippen molar-refractivity contribution in [2.75, 3.05) is 12.4 Å². The summed E-state index contributed by atoms with van der Waals surface area (Å²) in [7, 11) is 1.83. The number of urea groups is 1. The molecule has 20 heavy (non-hydrogen) atoms. The Bertz CT molecular complexity index is 486. The van der Waals surface area contributed by atoms with E-state index in [1.165, 1.54) is 0 Å². The van der Waals surface area contributed by atoms with E-state index in [-0.39, 0.29) is 6.42 Å². The molecule has 1 aromatic rings. The number of amides is 2. The van der Waals surface area contributed by atoms with E-state index < -0.39 is 17.5 Å². The molecule has 0 aromatic heterocycles. The third-order valence-electron chi connectivity index (χ3n) is 2.68. The van der Waals surface area contributed by atoms with Crippen LogP contribution in [-0.2, 0) is 11.3 Å². The Kier molecular flexibility index (Phi) is 5.52. The molecule has 0 saturated carbocycles. The van der Waals surface area contributed by atoms with Gasteiger partial charge >= 0.3 is 12.0 Å². The first-order valence-electron chi connectivity index (χ1n) is 6.37. The van der Waals surface area contributed by atoms with Crippen molar-refractivity contribution in [2.24, 2.45) is 0 Å². The van der Waals surface area contributed by atoms with E-state index >= 15 is 0 Å². The van der Waals surface area contributed by atoms with Crippen LogP contribution in [0.2, 0.25) is 0 Å². The molecule has 4 N–H and O–H groups in total. The summed E-state index contributed by atoms with van der Waals surface area (Å²) in [5.74, 6) is -0.953. The molecule has 0 atom stereocenters. The van der Waals surface area contributed by atoms with Crippen molar-refractivity contribution >= 4 is 17.7 Å². The van der Waals surface area contributed by atoms with Gasteiger partial charge in [0.05, 0.1) is 6.42 Å².